The van der Waals surface area contributed by atoms with E-state index < -0.39 is 0 Å². The average molecular weight is 345 g/mol. The molecule has 124 valence electrons. The summed E-state index contributed by atoms with van der Waals surface area (Å²) < 4.78 is 0. The summed E-state index contributed by atoms with van der Waals surface area (Å²) in [4.78, 5) is 4.84. The molecule has 2 aromatic carbocycles. The fourth-order valence-corrected chi connectivity index (χ4v) is 4.53. The van der Waals surface area contributed by atoms with Crippen LogP contribution in [0.15, 0.2) is 70.3 Å². The molecule has 3 aromatic rings. The lowest BCUT2D eigenvalue weighted by Gasteiger charge is -2.29. The van der Waals surface area contributed by atoms with E-state index in [-0.39, 0.29) is 6.04 Å². The van der Waals surface area contributed by atoms with Crippen LogP contribution in [-0.4, -0.2) is 5.96 Å². The number of benzene rings is 2. The Morgan fingerprint density at radius 3 is 2.72 bits per heavy atom. The summed E-state index contributed by atoms with van der Waals surface area (Å²) in [7, 11) is 0. The Labute approximate surface area is 151 Å². The van der Waals surface area contributed by atoms with Crippen LogP contribution in [0.2, 0.25) is 0 Å². The molecule has 0 amide bonds. The zero-order valence-corrected chi connectivity index (χ0v) is 14.6. The Morgan fingerprint density at radius 1 is 1.00 bits per heavy atom. The van der Waals surface area contributed by atoms with E-state index in [4.69, 9.17) is 4.99 Å². The maximum absolute atomic E-state index is 4.84. The van der Waals surface area contributed by atoms with Crippen LogP contribution < -0.4 is 10.6 Å². The van der Waals surface area contributed by atoms with Crippen molar-refractivity contribution in [1.82, 2.24) is 10.6 Å². The minimum Gasteiger partial charge on any atom is -0.349 e. The van der Waals surface area contributed by atoms with Crippen molar-refractivity contribution < 1.29 is 0 Å². The van der Waals surface area contributed by atoms with Gasteiger partial charge in [-0.2, -0.15) is 11.3 Å². The molecule has 0 radical (unpaired) electrons. The quantitative estimate of drug-likeness (QED) is 0.706. The van der Waals surface area contributed by atoms with Gasteiger partial charge in [0.25, 0.3) is 0 Å². The molecular formula is C21H19N3S. The van der Waals surface area contributed by atoms with Crippen molar-refractivity contribution in [1.29, 1.82) is 0 Å². The molecule has 1 unspecified atom stereocenters. The molecule has 2 atom stereocenters. The molecule has 2 aliphatic rings. The van der Waals surface area contributed by atoms with Gasteiger partial charge >= 0.3 is 0 Å². The van der Waals surface area contributed by atoms with E-state index >= 15 is 0 Å². The van der Waals surface area contributed by atoms with Crippen molar-refractivity contribution in [3.63, 3.8) is 0 Å². The van der Waals surface area contributed by atoms with E-state index in [9.17, 15) is 0 Å². The number of guanidine groups is 1. The third-order valence-electron chi connectivity index (χ3n) is 5.08. The zero-order valence-electron chi connectivity index (χ0n) is 13.8. The largest absolute Gasteiger partial charge is 0.349 e. The zero-order chi connectivity index (χ0) is 16.6. The third kappa shape index (κ3) is 2.63. The first kappa shape index (κ1) is 14.7. The standard InChI is InChI=1S/C21H19N3S/c1-2-6-16-14(5-1)9-10-19(16)23-21-22-18-8-4-3-7-17(18)20(24-21)15-11-12-25-13-15/h1-8,11-13,19-20H,9-10H2,(H2,22,23,24)/t19-,20?/m0/s1. The summed E-state index contributed by atoms with van der Waals surface area (Å²) in [5.41, 5.74) is 6.42. The number of rotatable bonds is 2. The number of thiophene rings is 1. The number of aliphatic imine (C=N–C) groups is 1. The molecule has 4 heteroatoms. The summed E-state index contributed by atoms with van der Waals surface area (Å²) in [6.07, 6.45) is 2.25. The van der Waals surface area contributed by atoms with Gasteiger partial charge in [-0.3, -0.25) is 0 Å². The summed E-state index contributed by atoms with van der Waals surface area (Å²) in [6.45, 7) is 0. The van der Waals surface area contributed by atoms with Gasteiger partial charge in [-0.05, 0) is 52.4 Å². The molecule has 3 nitrogen and oxygen atoms in total. The van der Waals surface area contributed by atoms with Crippen molar-refractivity contribution in [2.45, 2.75) is 24.9 Å². The van der Waals surface area contributed by atoms with E-state index in [0.717, 1.165) is 24.5 Å². The summed E-state index contributed by atoms with van der Waals surface area (Å²) in [5, 5.41) is 11.6. The molecule has 25 heavy (non-hydrogen) atoms. The lowest BCUT2D eigenvalue weighted by molar-refractivity contribution is 0.607. The van der Waals surface area contributed by atoms with Crippen LogP contribution in [0.25, 0.3) is 0 Å². The molecule has 0 fully saturated rings. The highest BCUT2D eigenvalue weighted by atomic mass is 32.1. The molecular weight excluding hydrogens is 326 g/mol. The Hall–Kier alpha value is -2.59. The first-order valence-corrected chi connectivity index (χ1v) is 9.63. The first-order valence-electron chi connectivity index (χ1n) is 8.69. The fraction of sp³-hybridized carbons (Fsp3) is 0.190. The topological polar surface area (TPSA) is 36.4 Å². The van der Waals surface area contributed by atoms with Crippen LogP contribution in [0.4, 0.5) is 5.69 Å². The highest BCUT2D eigenvalue weighted by molar-refractivity contribution is 7.08. The normalized spacial score (nSPS) is 21.0. The lowest BCUT2D eigenvalue weighted by Crippen LogP contribution is -2.42. The highest BCUT2D eigenvalue weighted by Gasteiger charge is 2.27. The summed E-state index contributed by atoms with van der Waals surface area (Å²) >= 11 is 1.73. The second-order valence-corrected chi connectivity index (χ2v) is 7.37. The second kappa shape index (κ2) is 6.05. The molecule has 1 aliphatic carbocycles. The summed E-state index contributed by atoms with van der Waals surface area (Å²) in [5.74, 6) is 0.872. The Balaban J connectivity index is 1.48. The highest BCUT2D eigenvalue weighted by Crippen LogP contribution is 2.35. The Bertz CT molecular complexity index is 930. The number of aryl methyl sites for hydroxylation is 1. The lowest BCUT2D eigenvalue weighted by atomic mass is 9.98. The van der Waals surface area contributed by atoms with Gasteiger partial charge in [-0.15, -0.1) is 0 Å². The van der Waals surface area contributed by atoms with E-state index in [1.165, 1.54) is 22.3 Å². The number of nitrogens with zero attached hydrogens (tertiary/aromatic N) is 1. The molecule has 5 rings (SSSR count). The fourth-order valence-electron chi connectivity index (χ4n) is 3.85. The van der Waals surface area contributed by atoms with Gasteiger partial charge in [0.15, 0.2) is 5.96 Å². The average Bonchev–Trinajstić information content (AvgIpc) is 3.32. The van der Waals surface area contributed by atoms with Crippen LogP contribution in [0.1, 0.15) is 40.8 Å². The van der Waals surface area contributed by atoms with Crippen LogP contribution in [0.3, 0.4) is 0 Å². The maximum Gasteiger partial charge on any atom is 0.197 e. The number of hydrogen-bond donors (Lipinski definition) is 2. The smallest absolute Gasteiger partial charge is 0.197 e. The SMILES string of the molecule is c1ccc2c(c1)CC[C@@H]2NC1=Nc2ccccc2C(c2ccsc2)N1. The number of hydrogen-bond acceptors (Lipinski definition) is 4. The van der Waals surface area contributed by atoms with Gasteiger partial charge in [-0.25, -0.2) is 4.99 Å². The van der Waals surface area contributed by atoms with Gasteiger partial charge in [-0.1, -0.05) is 42.5 Å². The first-order chi connectivity index (χ1) is 12.4. The van der Waals surface area contributed by atoms with Crippen LogP contribution in [-0.2, 0) is 6.42 Å². The van der Waals surface area contributed by atoms with E-state index in [2.05, 4.69) is 76.0 Å². The molecule has 0 bridgehead atoms. The predicted molar refractivity (Wildman–Crippen MR) is 103 cm³/mol. The van der Waals surface area contributed by atoms with E-state index in [1.54, 1.807) is 11.3 Å². The van der Waals surface area contributed by atoms with Gasteiger partial charge in [0, 0.05) is 5.56 Å². The number of nitrogens with one attached hydrogen (secondary N) is 2. The van der Waals surface area contributed by atoms with Gasteiger partial charge < -0.3 is 10.6 Å². The molecule has 0 spiro atoms. The van der Waals surface area contributed by atoms with E-state index in [0.29, 0.717) is 6.04 Å². The maximum atomic E-state index is 4.84. The van der Waals surface area contributed by atoms with Gasteiger partial charge in [0.1, 0.15) is 0 Å². The van der Waals surface area contributed by atoms with Crippen LogP contribution in [0.5, 0.6) is 0 Å². The molecule has 0 saturated heterocycles. The van der Waals surface area contributed by atoms with Crippen molar-refractivity contribution >= 4 is 23.0 Å². The van der Waals surface area contributed by atoms with Gasteiger partial charge in [0.2, 0.25) is 0 Å². The van der Waals surface area contributed by atoms with Gasteiger partial charge in [0.05, 0.1) is 17.8 Å². The summed E-state index contributed by atoms with van der Waals surface area (Å²) in [6, 6.07) is 19.8. The van der Waals surface area contributed by atoms with Crippen molar-refractivity contribution in [3.05, 3.63) is 87.6 Å². The molecule has 0 saturated carbocycles. The molecule has 2 heterocycles. The predicted octanol–water partition coefficient (Wildman–Crippen LogP) is 4.71. The minimum atomic E-state index is 0.152. The van der Waals surface area contributed by atoms with Crippen molar-refractivity contribution in [2.24, 2.45) is 4.99 Å². The van der Waals surface area contributed by atoms with E-state index in [1.807, 2.05) is 0 Å². The number of para-hydroxylation sites is 1. The monoisotopic (exact) mass is 345 g/mol. The Kier molecular flexibility index (Phi) is 3.56. The second-order valence-electron chi connectivity index (χ2n) is 6.59. The molecule has 1 aliphatic heterocycles. The van der Waals surface area contributed by atoms with Crippen molar-refractivity contribution in [2.75, 3.05) is 0 Å². The van der Waals surface area contributed by atoms with Crippen molar-refractivity contribution in [3.8, 4) is 0 Å². The molecule has 1 aromatic heterocycles. The number of fused-ring (bicyclic) bond motifs is 2. The third-order valence-corrected chi connectivity index (χ3v) is 5.78. The van der Waals surface area contributed by atoms with Crippen LogP contribution >= 0.6 is 11.3 Å². The van der Waals surface area contributed by atoms with Crippen LogP contribution in [0, 0.1) is 0 Å². The molecule has 2 N–H and O–H groups in total. The Morgan fingerprint density at radius 2 is 1.84 bits per heavy atom. The minimum absolute atomic E-state index is 0.152.